The highest BCUT2D eigenvalue weighted by atomic mass is 16.5. The molecule has 1 N–H and O–H groups in total. The molecule has 2 aromatic rings. The second-order valence-corrected chi connectivity index (χ2v) is 3.48. The van der Waals surface area contributed by atoms with E-state index < -0.39 is 0 Å². The zero-order valence-corrected chi connectivity index (χ0v) is 9.68. The van der Waals surface area contributed by atoms with E-state index in [0.29, 0.717) is 0 Å². The van der Waals surface area contributed by atoms with Crippen LogP contribution in [-0.4, -0.2) is 25.6 Å². The number of hydrogen-bond acceptors (Lipinski definition) is 4. The number of nitrogens with zero attached hydrogens (tertiary/aromatic N) is 1. The van der Waals surface area contributed by atoms with Gasteiger partial charge in [-0.25, -0.2) is 0 Å². The van der Waals surface area contributed by atoms with Gasteiger partial charge < -0.3 is 14.7 Å². The lowest BCUT2D eigenvalue weighted by Gasteiger charge is -2.11. The van der Waals surface area contributed by atoms with Crippen molar-refractivity contribution in [2.75, 3.05) is 14.2 Å². The standard InChI is InChI=1S/C13H13NO3/c1-16-11-7-6-9(8-14-15)13-10(11)4-3-5-12(13)17-2/h3-8,15H,1-2H3. The lowest BCUT2D eigenvalue weighted by Crippen LogP contribution is -1.93. The molecule has 17 heavy (non-hydrogen) atoms. The van der Waals surface area contributed by atoms with Gasteiger partial charge in [0, 0.05) is 16.3 Å². The van der Waals surface area contributed by atoms with Crippen LogP contribution in [0.2, 0.25) is 0 Å². The number of hydrogen-bond donors (Lipinski definition) is 1. The largest absolute Gasteiger partial charge is 0.496 e. The summed E-state index contributed by atoms with van der Waals surface area (Å²) in [6.07, 6.45) is 1.38. The van der Waals surface area contributed by atoms with Gasteiger partial charge in [0.25, 0.3) is 0 Å². The van der Waals surface area contributed by atoms with Crippen molar-refractivity contribution in [3.63, 3.8) is 0 Å². The summed E-state index contributed by atoms with van der Waals surface area (Å²) in [6.45, 7) is 0. The van der Waals surface area contributed by atoms with Crippen LogP contribution in [0, 0.1) is 0 Å². The third-order valence-electron chi connectivity index (χ3n) is 2.63. The van der Waals surface area contributed by atoms with Gasteiger partial charge in [0.05, 0.1) is 20.4 Å². The monoisotopic (exact) mass is 231 g/mol. The first-order valence-electron chi connectivity index (χ1n) is 5.13. The number of fused-ring (bicyclic) bond motifs is 1. The van der Waals surface area contributed by atoms with Gasteiger partial charge >= 0.3 is 0 Å². The van der Waals surface area contributed by atoms with Gasteiger partial charge in [-0.2, -0.15) is 0 Å². The van der Waals surface area contributed by atoms with Crippen molar-refractivity contribution in [3.05, 3.63) is 35.9 Å². The minimum atomic E-state index is 0.719. The fraction of sp³-hybridized carbons (Fsp3) is 0.154. The molecule has 88 valence electrons. The third kappa shape index (κ3) is 1.89. The van der Waals surface area contributed by atoms with E-state index in [9.17, 15) is 0 Å². The number of benzene rings is 2. The van der Waals surface area contributed by atoms with Gasteiger partial charge in [-0.3, -0.25) is 0 Å². The van der Waals surface area contributed by atoms with Gasteiger partial charge in [-0.1, -0.05) is 17.3 Å². The quantitative estimate of drug-likeness (QED) is 0.502. The van der Waals surface area contributed by atoms with Crippen LogP contribution < -0.4 is 9.47 Å². The molecule has 0 heterocycles. The summed E-state index contributed by atoms with van der Waals surface area (Å²) >= 11 is 0. The van der Waals surface area contributed by atoms with Gasteiger partial charge in [-0.15, -0.1) is 0 Å². The van der Waals surface area contributed by atoms with Gasteiger partial charge in [0.15, 0.2) is 0 Å². The summed E-state index contributed by atoms with van der Waals surface area (Å²) < 4.78 is 10.6. The van der Waals surface area contributed by atoms with Gasteiger partial charge in [-0.05, 0) is 18.2 Å². The minimum Gasteiger partial charge on any atom is -0.496 e. The highest BCUT2D eigenvalue weighted by Gasteiger charge is 2.09. The van der Waals surface area contributed by atoms with E-state index in [4.69, 9.17) is 14.7 Å². The van der Waals surface area contributed by atoms with E-state index in [0.717, 1.165) is 27.8 Å². The van der Waals surface area contributed by atoms with Crippen molar-refractivity contribution in [2.45, 2.75) is 0 Å². The molecule has 0 aliphatic rings. The molecule has 0 fully saturated rings. The van der Waals surface area contributed by atoms with Crippen molar-refractivity contribution < 1.29 is 14.7 Å². The Morgan fingerprint density at radius 3 is 2.47 bits per heavy atom. The minimum absolute atomic E-state index is 0.719. The second-order valence-electron chi connectivity index (χ2n) is 3.48. The third-order valence-corrected chi connectivity index (χ3v) is 2.63. The molecule has 2 aromatic carbocycles. The molecule has 0 saturated carbocycles. The summed E-state index contributed by atoms with van der Waals surface area (Å²) in [4.78, 5) is 0. The smallest absolute Gasteiger partial charge is 0.127 e. The van der Waals surface area contributed by atoms with Gasteiger partial charge in [0.1, 0.15) is 11.5 Å². The Kier molecular flexibility index (Phi) is 3.14. The maximum Gasteiger partial charge on any atom is 0.127 e. The van der Waals surface area contributed by atoms with Crippen molar-refractivity contribution in [2.24, 2.45) is 5.16 Å². The van der Waals surface area contributed by atoms with Crippen molar-refractivity contribution >= 4 is 17.0 Å². The first-order valence-corrected chi connectivity index (χ1v) is 5.13. The Morgan fingerprint density at radius 2 is 1.82 bits per heavy atom. The summed E-state index contributed by atoms with van der Waals surface area (Å²) in [5.41, 5.74) is 0.778. The normalized spacial score (nSPS) is 10.9. The van der Waals surface area contributed by atoms with Crippen LogP contribution in [0.4, 0.5) is 0 Å². The Bertz CT molecular complexity index is 564. The first kappa shape index (κ1) is 11.3. The van der Waals surface area contributed by atoms with E-state index in [1.807, 2.05) is 30.3 Å². The zero-order chi connectivity index (χ0) is 12.3. The Hall–Kier alpha value is -2.23. The van der Waals surface area contributed by atoms with Crippen molar-refractivity contribution in [1.29, 1.82) is 0 Å². The van der Waals surface area contributed by atoms with E-state index in [-0.39, 0.29) is 0 Å². The lowest BCUT2D eigenvalue weighted by molar-refractivity contribution is 0.322. The molecule has 0 radical (unpaired) electrons. The predicted molar refractivity (Wildman–Crippen MR) is 66.4 cm³/mol. The van der Waals surface area contributed by atoms with E-state index in [1.54, 1.807) is 14.2 Å². The molecule has 0 aliphatic carbocycles. The summed E-state index contributed by atoms with van der Waals surface area (Å²) in [5, 5.41) is 13.5. The first-order chi connectivity index (χ1) is 8.31. The highest BCUT2D eigenvalue weighted by Crippen LogP contribution is 2.34. The molecular formula is C13H13NO3. The van der Waals surface area contributed by atoms with Crippen LogP contribution in [0.15, 0.2) is 35.5 Å². The Balaban J connectivity index is 2.85. The van der Waals surface area contributed by atoms with Crippen LogP contribution >= 0.6 is 0 Å². The molecule has 0 aliphatic heterocycles. The lowest BCUT2D eigenvalue weighted by atomic mass is 10.0. The van der Waals surface area contributed by atoms with Crippen LogP contribution in [-0.2, 0) is 0 Å². The van der Waals surface area contributed by atoms with Crippen LogP contribution in [0.25, 0.3) is 10.8 Å². The van der Waals surface area contributed by atoms with E-state index in [2.05, 4.69) is 5.16 Å². The Morgan fingerprint density at radius 1 is 1.06 bits per heavy atom. The summed E-state index contributed by atoms with van der Waals surface area (Å²) in [7, 11) is 3.22. The fourth-order valence-corrected chi connectivity index (χ4v) is 1.89. The van der Waals surface area contributed by atoms with Crippen LogP contribution in [0.3, 0.4) is 0 Å². The number of oxime groups is 1. The molecule has 0 spiro atoms. The molecule has 4 nitrogen and oxygen atoms in total. The molecule has 4 heteroatoms. The molecule has 0 atom stereocenters. The summed E-state index contributed by atoms with van der Waals surface area (Å²) in [6, 6.07) is 9.34. The number of methoxy groups -OCH3 is 2. The number of rotatable bonds is 3. The SMILES string of the molecule is COc1ccc(C=NO)c2c(OC)cccc12. The van der Waals surface area contributed by atoms with E-state index in [1.165, 1.54) is 6.21 Å². The maximum absolute atomic E-state index is 8.67. The molecular weight excluding hydrogens is 218 g/mol. The van der Waals surface area contributed by atoms with Crippen LogP contribution in [0.5, 0.6) is 11.5 Å². The van der Waals surface area contributed by atoms with E-state index >= 15 is 0 Å². The average Bonchev–Trinajstić information content (AvgIpc) is 2.38. The topological polar surface area (TPSA) is 51.0 Å². The van der Waals surface area contributed by atoms with Crippen LogP contribution in [0.1, 0.15) is 5.56 Å². The molecule has 0 bridgehead atoms. The van der Waals surface area contributed by atoms with Gasteiger partial charge in [0.2, 0.25) is 0 Å². The molecule has 2 rings (SSSR count). The van der Waals surface area contributed by atoms with Crippen molar-refractivity contribution in [3.8, 4) is 11.5 Å². The number of ether oxygens (including phenoxy) is 2. The predicted octanol–water partition coefficient (Wildman–Crippen LogP) is 2.67. The second kappa shape index (κ2) is 4.74. The Labute approximate surface area is 99.1 Å². The zero-order valence-electron chi connectivity index (χ0n) is 9.68. The molecule has 0 aromatic heterocycles. The average molecular weight is 231 g/mol. The van der Waals surface area contributed by atoms with Crippen molar-refractivity contribution in [1.82, 2.24) is 0 Å². The molecule has 0 amide bonds. The maximum atomic E-state index is 8.67. The summed E-state index contributed by atoms with van der Waals surface area (Å²) in [5.74, 6) is 1.48. The fourth-order valence-electron chi connectivity index (χ4n) is 1.89. The molecule has 0 unspecified atom stereocenters. The highest BCUT2D eigenvalue weighted by molar-refractivity contribution is 6.05. The molecule has 0 saturated heterocycles.